The summed E-state index contributed by atoms with van der Waals surface area (Å²) >= 11 is 5.66. The van der Waals surface area contributed by atoms with Gasteiger partial charge in [0.1, 0.15) is 0 Å². The number of amides is 2. The van der Waals surface area contributed by atoms with Crippen LogP contribution in [0.25, 0.3) is 0 Å². The lowest BCUT2D eigenvalue weighted by atomic mass is 9.47. The Morgan fingerprint density at radius 2 is 1.40 bits per heavy atom. The molecule has 0 aromatic rings. The van der Waals surface area contributed by atoms with Gasteiger partial charge in [-0.1, -0.05) is 45.3 Å². The van der Waals surface area contributed by atoms with Crippen LogP contribution in [0.15, 0.2) is 23.8 Å². The third kappa shape index (κ3) is 13.6. The molecule has 55 heavy (non-hydrogen) atoms. The van der Waals surface area contributed by atoms with E-state index in [1.807, 2.05) is 6.08 Å². The molecule has 3 fully saturated rings. The first-order chi connectivity index (χ1) is 26.6. The third-order valence-electron chi connectivity index (χ3n) is 12.4. The van der Waals surface area contributed by atoms with Gasteiger partial charge in [-0.05, 0) is 73.8 Å². The Kier molecular flexibility index (Phi) is 20.1. The number of hydrogen-bond donors (Lipinski definition) is 3. The fourth-order valence-corrected chi connectivity index (χ4v) is 10.0. The molecule has 0 bridgehead atoms. The van der Waals surface area contributed by atoms with E-state index in [2.05, 4.69) is 31.4 Å². The van der Waals surface area contributed by atoms with Crippen LogP contribution in [0.1, 0.15) is 78.6 Å². The number of rotatable bonds is 28. The molecular weight excluding hydrogens is 728 g/mol. The summed E-state index contributed by atoms with van der Waals surface area (Å²) in [6, 6.07) is 0. The second-order valence-corrected chi connectivity index (χ2v) is 16.5. The Labute approximate surface area is 334 Å². The Bertz CT molecular complexity index is 1250. The molecule has 8 atom stereocenters. The number of fused-ring (bicyclic) bond motifs is 5. The van der Waals surface area contributed by atoms with Gasteiger partial charge in [-0.3, -0.25) is 14.4 Å². The zero-order valence-electron chi connectivity index (χ0n) is 33.7. The van der Waals surface area contributed by atoms with Crippen molar-refractivity contribution in [2.24, 2.45) is 40.4 Å². The van der Waals surface area contributed by atoms with Crippen LogP contribution in [0.2, 0.25) is 0 Å². The van der Waals surface area contributed by atoms with Crippen LogP contribution >= 0.6 is 11.6 Å². The van der Waals surface area contributed by atoms with Gasteiger partial charge >= 0.3 is 0 Å². The maximum Gasteiger partial charge on any atom is 0.224 e. The van der Waals surface area contributed by atoms with Crippen molar-refractivity contribution in [2.45, 2.75) is 84.7 Å². The second-order valence-electron chi connectivity index (χ2n) is 16.2. The van der Waals surface area contributed by atoms with E-state index in [1.165, 1.54) is 0 Å². The van der Waals surface area contributed by atoms with Crippen molar-refractivity contribution in [2.75, 3.05) is 98.3 Å². The number of unbranched alkanes of at least 4 members (excludes halogenated alkanes) is 3. The molecule has 3 N–H and O–H groups in total. The molecule has 2 amide bonds. The van der Waals surface area contributed by atoms with E-state index in [4.69, 9.17) is 40.0 Å². The molecule has 12 nitrogen and oxygen atoms in total. The summed E-state index contributed by atoms with van der Waals surface area (Å²) in [5.74, 6) is 1.55. The van der Waals surface area contributed by atoms with Gasteiger partial charge in [0, 0.05) is 49.2 Å². The van der Waals surface area contributed by atoms with Crippen LogP contribution in [0.4, 0.5) is 0 Å². The standard InChI is InChI=1S/C42H69ClN2O10/c1-31-28-35-34-9-8-32-29-33(46)10-12-41(32,2)39(34)36(47)30-42(35,3)38(31)40(49)45-15-19-53-23-25-55-27-26-54-24-21-51-17-11-37(48)44-14-18-52-22-20-50-16-7-5-4-6-13-43/h10,12,29,31,34-36,38-39,47H,4-9,11,13-28,30H2,1-3H3,(H,44,48)(H,45,49)/t31-,34+,35?,36+,38?,39?,41+,42+/m1/s1. The highest BCUT2D eigenvalue weighted by atomic mass is 35.5. The lowest BCUT2D eigenvalue weighted by molar-refractivity contribution is -0.142. The average molecular weight is 797 g/mol. The maximum absolute atomic E-state index is 13.6. The monoisotopic (exact) mass is 796 g/mol. The molecule has 13 heteroatoms. The topological polar surface area (TPSA) is 151 Å². The van der Waals surface area contributed by atoms with Crippen molar-refractivity contribution < 1.29 is 47.9 Å². The number of alkyl halides is 1. The van der Waals surface area contributed by atoms with Gasteiger partial charge in [0.2, 0.25) is 11.8 Å². The molecule has 3 saturated carbocycles. The van der Waals surface area contributed by atoms with Gasteiger partial charge in [-0.25, -0.2) is 0 Å². The minimum Gasteiger partial charge on any atom is -0.393 e. The number of ketones is 1. The van der Waals surface area contributed by atoms with Gasteiger partial charge in [0.05, 0.1) is 78.8 Å². The fourth-order valence-electron chi connectivity index (χ4n) is 9.86. The van der Waals surface area contributed by atoms with Crippen molar-refractivity contribution in [1.29, 1.82) is 0 Å². The first-order valence-electron chi connectivity index (χ1n) is 20.8. The first kappa shape index (κ1) is 45.8. The number of aliphatic hydroxyl groups excluding tert-OH is 1. The smallest absolute Gasteiger partial charge is 0.224 e. The van der Waals surface area contributed by atoms with Gasteiger partial charge in [0.25, 0.3) is 0 Å². The van der Waals surface area contributed by atoms with E-state index < -0.39 is 6.10 Å². The number of hydrogen-bond acceptors (Lipinski definition) is 10. The van der Waals surface area contributed by atoms with Crippen molar-refractivity contribution in [3.63, 3.8) is 0 Å². The highest BCUT2D eigenvalue weighted by Crippen LogP contribution is 2.67. The summed E-state index contributed by atoms with van der Waals surface area (Å²) in [6.07, 6.45) is 13.0. The number of carbonyl (C=O) groups is 3. The van der Waals surface area contributed by atoms with Crippen molar-refractivity contribution in [3.05, 3.63) is 23.8 Å². The van der Waals surface area contributed by atoms with Gasteiger partial charge in [-0.15, -0.1) is 11.6 Å². The molecule has 0 aliphatic heterocycles. The lowest BCUT2D eigenvalue weighted by Crippen LogP contribution is -2.57. The molecule has 0 saturated heterocycles. The van der Waals surface area contributed by atoms with E-state index in [1.54, 1.807) is 12.2 Å². The van der Waals surface area contributed by atoms with Gasteiger partial charge in [0.15, 0.2) is 5.78 Å². The normalized spacial score (nSPS) is 29.7. The summed E-state index contributed by atoms with van der Waals surface area (Å²) in [6.45, 7) is 13.0. The third-order valence-corrected chi connectivity index (χ3v) is 12.6. The Morgan fingerprint density at radius 1 is 0.818 bits per heavy atom. The number of aliphatic hydroxyl groups is 1. The van der Waals surface area contributed by atoms with Crippen LogP contribution in [0.5, 0.6) is 0 Å². The molecule has 0 aromatic heterocycles. The molecule has 4 rings (SSSR count). The van der Waals surface area contributed by atoms with Gasteiger partial charge < -0.3 is 44.2 Å². The minimum atomic E-state index is -0.523. The summed E-state index contributed by atoms with van der Waals surface area (Å²) in [5.41, 5.74) is 0.576. The van der Waals surface area contributed by atoms with E-state index >= 15 is 0 Å². The van der Waals surface area contributed by atoms with Crippen LogP contribution in [0.3, 0.4) is 0 Å². The summed E-state index contributed by atoms with van der Waals surface area (Å²) in [7, 11) is 0. The summed E-state index contributed by atoms with van der Waals surface area (Å²) in [4.78, 5) is 37.6. The van der Waals surface area contributed by atoms with Crippen LogP contribution in [0, 0.1) is 40.4 Å². The molecule has 0 aromatic carbocycles. The molecule has 0 radical (unpaired) electrons. The fraction of sp³-hybridized carbons (Fsp3) is 0.833. The predicted octanol–water partition coefficient (Wildman–Crippen LogP) is 4.65. The number of nitrogens with one attached hydrogen (secondary N) is 2. The van der Waals surface area contributed by atoms with E-state index in [0.29, 0.717) is 104 Å². The highest BCUT2D eigenvalue weighted by molar-refractivity contribution is 6.17. The maximum atomic E-state index is 13.6. The predicted molar refractivity (Wildman–Crippen MR) is 211 cm³/mol. The Balaban J connectivity index is 0.943. The van der Waals surface area contributed by atoms with E-state index in [-0.39, 0.29) is 52.6 Å². The molecule has 4 aliphatic carbocycles. The van der Waals surface area contributed by atoms with Crippen LogP contribution in [-0.2, 0) is 42.8 Å². The average Bonchev–Trinajstić information content (AvgIpc) is 3.42. The minimum absolute atomic E-state index is 0.0418. The van der Waals surface area contributed by atoms with Gasteiger partial charge in [-0.2, -0.15) is 0 Å². The number of ether oxygens (including phenoxy) is 6. The molecule has 314 valence electrons. The Morgan fingerprint density at radius 3 is 2.05 bits per heavy atom. The first-order valence-corrected chi connectivity index (χ1v) is 21.3. The highest BCUT2D eigenvalue weighted by Gasteiger charge is 2.64. The van der Waals surface area contributed by atoms with Crippen LogP contribution in [-0.4, -0.2) is 127 Å². The number of allylic oxidation sites excluding steroid dienone is 4. The zero-order chi connectivity index (χ0) is 39.5. The molecular formula is C42H69ClN2O10. The number of carbonyl (C=O) groups excluding carboxylic acids is 3. The molecule has 0 spiro atoms. The zero-order valence-corrected chi connectivity index (χ0v) is 34.4. The molecule has 0 heterocycles. The van der Waals surface area contributed by atoms with Crippen LogP contribution < -0.4 is 10.6 Å². The van der Waals surface area contributed by atoms with E-state index in [0.717, 1.165) is 63.0 Å². The number of halogens is 1. The SMILES string of the molecule is C[C@@H]1CC2[C@@H]3CCC4=CC(=O)C=C[C@]4(C)C3[C@@H](O)C[C@]2(C)C1C(=O)NCCOCCOCCOCCOCCC(=O)NCCOCCOCCCCCCCl. The lowest BCUT2D eigenvalue weighted by Gasteiger charge is -2.58. The quantitative estimate of drug-likeness (QED) is 0.0755. The summed E-state index contributed by atoms with van der Waals surface area (Å²) in [5, 5.41) is 17.6. The van der Waals surface area contributed by atoms with Crippen molar-refractivity contribution in [1.82, 2.24) is 10.6 Å². The Hall–Kier alpha value is -1.90. The molecule has 3 unspecified atom stereocenters. The molecule has 4 aliphatic rings. The van der Waals surface area contributed by atoms with E-state index in [9.17, 15) is 19.5 Å². The largest absolute Gasteiger partial charge is 0.393 e. The summed E-state index contributed by atoms with van der Waals surface area (Å²) < 4.78 is 33.3. The van der Waals surface area contributed by atoms with Crippen molar-refractivity contribution in [3.8, 4) is 0 Å². The second kappa shape index (κ2) is 24.1. The van der Waals surface area contributed by atoms with Crippen molar-refractivity contribution >= 4 is 29.2 Å².